The van der Waals surface area contributed by atoms with Crippen LogP contribution in [0.25, 0.3) is 11.1 Å². The lowest BCUT2D eigenvalue weighted by atomic mass is 9.64. The fraction of sp³-hybridized carbons (Fsp3) is 0.0769. The first-order valence-corrected chi connectivity index (χ1v) is 14.6. The highest BCUT2D eigenvalue weighted by molar-refractivity contribution is 5.95. The number of fused-ring (bicyclic) bond motifs is 10. The van der Waals surface area contributed by atoms with Gasteiger partial charge >= 0.3 is 0 Å². The molecule has 1 atom stereocenters. The average molecular weight is 541 g/mol. The number of anilines is 4. The van der Waals surface area contributed by atoms with E-state index in [-0.39, 0.29) is 0 Å². The Hall–Kier alpha value is -5.12. The van der Waals surface area contributed by atoms with Crippen molar-refractivity contribution in [1.82, 2.24) is 0 Å². The lowest BCUT2D eigenvalue weighted by molar-refractivity contribution is 0.182. The van der Waals surface area contributed by atoms with Crippen LogP contribution in [0, 0.1) is 0 Å². The van der Waals surface area contributed by atoms with E-state index in [0.29, 0.717) is 6.54 Å². The van der Waals surface area contributed by atoms with Crippen LogP contribution in [0.2, 0.25) is 0 Å². The fourth-order valence-corrected chi connectivity index (χ4v) is 7.74. The van der Waals surface area contributed by atoms with Crippen LogP contribution in [0.3, 0.4) is 0 Å². The topological polar surface area (TPSA) is 26.7 Å². The van der Waals surface area contributed by atoms with E-state index in [1.54, 1.807) is 0 Å². The van der Waals surface area contributed by atoms with Gasteiger partial charge in [0.1, 0.15) is 0 Å². The molecule has 1 unspecified atom stereocenters. The molecule has 0 bridgehead atoms. The minimum Gasteiger partial charge on any atom is -0.369 e. The molecule has 0 amide bonds. The van der Waals surface area contributed by atoms with Gasteiger partial charge in [0.05, 0.1) is 16.8 Å². The second kappa shape index (κ2) is 8.69. The van der Waals surface area contributed by atoms with Crippen molar-refractivity contribution >= 4 is 22.7 Å². The molecule has 3 heteroatoms. The van der Waals surface area contributed by atoms with Crippen LogP contribution in [0.15, 0.2) is 146 Å². The third kappa shape index (κ3) is 2.98. The molecule has 3 nitrogen and oxygen atoms in total. The van der Waals surface area contributed by atoms with E-state index < -0.39 is 11.6 Å². The Morgan fingerprint density at radius 2 is 1.05 bits per heavy atom. The molecule has 0 saturated carbocycles. The first-order chi connectivity index (χ1) is 20.8. The van der Waals surface area contributed by atoms with Crippen molar-refractivity contribution in [2.75, 3.05) is 9.80 Å². The molecular formula is C39H28N2O. The maximum atomic E-state index is 11.5. The Morgan fingerprint density at radius 1 is 0.524 bits per heavy atom. The fourth-order valence-electron chi connectivity index (χ4n) is 7.74. The van der Waals surface area contributed by atoms with Crippen molar-refractivity contribution in [2.24, 2.45) is 0 Å². The van der Waals surface area contributed by atoms with Crippen LogP contribution in [0.1, 0.15) is 39.6 Å². The van der Waals surface area contributed by atoms with Crippen LogP contribution in [-0.2, 0) is 12.0 Å². The average Bonchev–Trinajstić information content (AvgIpc) is 3.54. The number of rotatable bonds is 2. The molecule has 0 aromatic heterocycles. The smallest absolute Gasteiger partial charge is 0.153 e. The van der Waals surface area contributed by atoms with E-state index in [1.165, 1.54) is 33.4 Å². The summed E-state index contributed by atoms with van der Waals surface area (Å²) >= 11 is 0. The Morgan fingerprint density at radius 3 is 1.67 bits per heavy atom. The van der Waals surface area contributed by atoms with E-state index in [4.69, 9.17) is 0 Å². The zero-order valence-corrected chi connectivity index (χ0v) is 23.0. The highest BCUT2D eigenvalue weighted by Crippen LogP contribution is 2.63. The van der Waals surface area contributed by atoms with Gasteiger partial charge in [-0.1, -0.05) is 109 Å². The van der Waals surface area contributed by atoms with Gasteiger partial charge in [-0.05, 0) is 75.3 Å². The Bertz CT molecular complexity index is 1920. The summed E-state index contributed by atoms with van der Waals surface area (Å²) < 4.78 is 0. The molecule has 1 N–H and O–H groups in total. The normalized spacial score (nSPS) is 16.9. The lowest BCUT2D eigenvalue weighted by Crippen LogP contribution is -2.36. The molecule has 42 heavy (non-hydrogen) atoms. The minimum atomic E-state index is -0.697. The van der Waals surface area contributed by atoms with E-state index >= 15 is 0 Å². The predicted octanol–water partition coefficient (Wildman–Crippen LogP) is 8.84. The van der Waals surface area contributed by atoms with Crippen molar-refractivity contribution in [3.05, 3.63) is 179 Å². The number of hydrogen-bond donors (Lipinski definition) is 1. The van der Waals surface area contributed by atoms with E-state index in [9.17, 15) is 5.11 Å². The number of benzene rings is 6. The zero-order valence-electron chi connectivity index (χ0n) is 23.0. The van der Waals surface area contributed by atoms with E-state index in [0.717, 1.165) is 33.9 Å². The number of nitrogens with zero attached hydrogens (tertiary/aromatic N) is 2. The summed E-state index contributed by atoms with van der Waals surface area (Å²) in [5, 5.41) is 11.5. The maximum Gasteiger partial charge on any atom is 0.153 e. The Kier molecular flexibility index (Phi) is 4.88. The Labute approximate surface area is 245 Å². The van der Waals surface area contributed by atoms with Crippen molar-refractivity contribution in [1.29, 1.82) is 0 Å². The van der Waals surface area contributed by atoms with Crippen LogP contribution in [0.4, 0.5) is 22.7 Å². The van der Waals surface area contributed by atoms with Crippen LogP contribution in [-0.4, -0.2) is 5.11 Å². The summed E-state index contributed by atoms with van der Waals surface area (Å²) in [6.45, 7) is 0.685. The standard InChI is InChI=1S/C39H28N2O/c42-38-31-24-28(23-22-26(31)25-40(38)27-12-2-1-3-13-27)41-36-20-10-8-18-34(36)39(35-19-9-11-21-37(35)41)32-16-6-4-14-29(32)30-15-5-7-17-33(30)39/h1-24,38,42H,25H2. The van der Waals surface area contributed by atoms with Crippen molar-refractivity contribution in [3.8, 4) is 11.1 Å². The molecule has 3 aliphatic rings. The monoisotopic (exact) mass is 540 g/mol. The highest BCUT2D eigenvalue weighted by atomic mass is 16.3. The van der Waals surface area contributed by atoms with Gasteiger partial charge < -0.3 is 14.9 Å². The zero-order chi connectivity index (χ0) is 27.8. The largest absolute Gasteiger partial charge is 0.369 e. The van der Waals surface area contributed by atoms with Crippen LogP contribution >= 0.6 is 0 Å². The summed E-state index contributed by atoms with van der Waals surface area (Å²) in [7, 11) is 0. The highest BCUT2D eigenvalue weighted by Gasteiger charge is 2.51. The molecule has 0 fully saturated rings. The van der Waals surface area contributed by atoms with Crippen molar-refractivity contribution in [3.63, 3.8) is 0 Å². The molecular weight excluding hydrogens is 512 g/mol. The molecule has 0 saturated heterocycles. The second-order valence-corrected chi connectivity index (χ2v) is 11.4. The van der Waals surface area contributed by atoms with E-state index in [2.05, 4.69) is 137 Å². The molecule has 6 aromatic carbocycles. The number of aliphatic hydroxyl groups excluding tert-OH is 1. The summed E-state index contributed by atoms with van der Waals surface area (Å²) in [6, 6.07) is 52.2. The molecule has 2 heterocycles. The predicted molar refractivity (Wildman–Crippen MR) is 170 cm³/mol. The molecule has 6 aromatic rings. The third-order valence-electron chi connectivity index (χ3n) is 9.44. The van der Waals surface area contributed by atoms with Crippen LogP contribution < -0.4 is 9.80 Å². The van der Waals surface area contributed by atoms with Crippen LogP contribution in [0.5, 0.6) is 0 Å². The number of para-hydroxylation sites is 3. The molecule has 9 rings (SSSR count). The van der Waals surface area contributed by atoms with Crippen molar-refractivity contribution < 1.29 is 5.11 Å². The third-order valence-corrected chi connectivity index (χ3v) is 9.44. The molecule has 2 aliphatic heterocycles. The van der Waals surface area contributed by atoms with Gasteiger partial charge in [0.2, 0.25) is 0 Å². The Balaban J connectivity index is 1.27. The van der Waals surface area contributed by atoms with Gasteiger partial charge in [-0.2, -0.15) is 0 Å². The number of hydrogen-bond acceptors (Lipinski definition) is 3. The van der Waals surface area contributed by atoms with E-state index in [1.807, 2.05) is 18.2 Å². The van der Waals surface area contributed by atoms with Gasteiger partial charge in [-0.3, -0.25) is 0 Å². The minimum absolute atomic E-state index is 0.419. The van der Waals surface area contributed by atoms with Gasteiger partial charge in [-0.15, -0.1) is 0 Å². The molecule has 200 valence electrons. The van der Waals surface area contributed by atoms with Gasteiger partial charge in [0.15, 0.2) is 6.23 Å². The van der Waals surface area contributed by atoms with Crippen molar-refractivity contribution in [2.45, 2.75) is 18.2 Å². The second-order valence-electron chi connectivity index (χ2n) is 11.4. The quantitative estimate of drug-likeness (QED) is 0.237. The summed E-state index contributed by atoms with van der Waals surface area (Å²) in [5.74, 6) is 0. The number of aliphatic hydroxyl groups is 1. The summed E-state index contributed by atoms with van der Waals surface area (Å²) in [6.07, 6.45) is -0.697. The van der Waals surface area contributed by atoms with Gasteiger partial charge in [-0.25, -0.2) is 0 Å². The molecule has 1 spiro atoms. The SMILES string of the molecule is OC1c2cc(N3c4ccccc4C4(c5ccccc5-c5ccccc54)c4ccccc43)ccc2CN1c1ccccc1. The lowest BCUT2D eigenvalue weighted by Gasteiger charge is -2.45. The van der Waals surface area contributed by atoms with Gasteiger partial charge in [0.25, 0.3) is 0 Å². The molecule has 0 radical (unpaired) electrons. The summed E-state index contributed by atoms with van der Waals surface area (Å²) in [4.78, 5) is 4.45. The first kappa shape index (κ1) is 23.6. The molecule has 1 aliphatic carbocycles. The van der Waals surface area contributed by atoms with Gasteiger partial charge in [0, 0.05) is 23.5 Å². The summed E-state index contributed by atoms with van der Waals surface area (Å²) in [5.41, 5.74) is 13.9. The maximum absolute atomic E-state index is 11.5. The first-order valence-electron chi connectivity index (χ1n) is 14.6.